The van der Waals surface area contributed by atoms with Crippen LogP contribution in [-0.4, -0.2) is 16.6 Å². The van der Waals surface area contributed by atoms with Crippen LogP contribution in [0.1, 0.15) is 13.8 Å². The highest BCUT2D eigenvalue weighted by Crippen LogP contribution is 2.38. The minimum absolute atomic E-state index is 0.263. The maximum Gasteiger partial charge on any atom is 0.323 e. The largest absolute Gasteiger partial charge is 0.427 e. The Labute approximate surface area is 211 Å². The van der Waals surface area contributed by atoms with Crippen molar-refractivity contribution >= 4 is 79.2 Å². The smallest absolute Gasteiger partial charge is 0.323 e. The third kappa shape index (κ3) is 4.27. The molecule has 0 bridgehead atoms. The van der Waals surface area contributed by atoms with Gasteiger partial charge in [-0.15, -0.1) is 0 Å². The number of aromatic nitrogens is 1. The summed E-state index contributed by atoms with van der Waals surface area (Å²) in [6, 6.07) is 20.1. The van der Waals surface area contributed by atoms with Gasteiger partial charge in [0.1, 0.15) is 5.75 Å². The monoisotopic (exact) mass is 505 g/mol. The molecule has 4 aromatic carbocycles. The number of rotatable bonds is 4. The molecular weight excluding hydrogens is 485 g/mol. The van der Waals surface area contributed by atoms with E-state index >= 15 is 0 Å². The molecule has 8 heteroatoms. The Balaban J connectivity index is 1.49. The first kappa shape index (κ1) is 23.0. The second-order valence-electron chi connectivity index (χ2n) is 8.09. The maximum absolute atomic E-state index is 13.0. The van der Waals surface area contributed by atoms with E-state index in [1.807, 2.05) is 30.3 Å². The molecule has 2 N–H and O–H groups in total. The van der Waals surface area contributed by atoms with E-state index in [0.717, 1.165) is 28.4 Å². The number of nitrogens with zero attached hydrogens (tertiary/aromatic N) is 1. The summed E-state index contributed by atoms with van der Waals surface area (Å²) in [5.41, 5.74) is 3.25. The van der Waals surface area contributed by atoms with Gasteiger partial charge in [-0.2, -0.15) is 0 Å². The lowest BCUT2D eigenvalue weighted by Gasteiger charge is -2.14. The molecule has 0 saturated heterocycles. The zero-order valence-corrected chi connectivity index (χ0v) is 20.5. The molecular formula is C27H21Cl2N3O3. The summed E-state index contributed by atoms with van der Waals surface area (Å²) in [4.78, 5) is 24.4. The number of amides is 2. The van der Waals surface area contributed by atoms with Crippen LogP contribution in [0.3, 0.4) is 0 Å². The molecule has 1 aromatic heterocycles. The number of esters is 1. The van der Waals surface area contributed by atoms with Crippen LogP contribution in [0.25, 0.3) is 32.6 Å². The zero-order valence-electron chi connectivity index (χ0n) is 19.0. The van der Waals surface area contributed by atoms with Crippen molar-refractivity contribution in [3.63, 3.8) is 0 Å². The van der Waals surface area contributed by atoms with Gasteiger partial charge in [-0.05, 0) is 55.5 Å². The number of fused-ring (bicyclic) bond motifs is 4. The van der Waals surface area contributed by atoms with Crippen LogP contribution in [0.2, 0.25) is 10.0 Å². The van der Waals surface area contributed by atoms with E-state index in [-0.39, 0.29) is 5.02 Å². The lowest BCUT2D eigenvalue weighted by molar-refractivity contribution is -0.131. The second-order valence-corrected chi connectivity index (χ2v) is 8.90. The van der Waals surface area contributed by atoms with Crippen LogP contribution in [0.4, 0.5) is 16.2 Å². The van der Waals surface area contributed by atoms with Gasteiger partial charge in [-0.25, -0.2) is 4.79 Å². The molecule has 0 spiro atoms. The van der Waals surface area contributed by atoms with Gasteiger partial charge >= 0.3 is 12.0 Å². The Hall–Kier alpha value is -3.74. The number of ether oxygens (including phenoxy) is 1. The highest BCUT2D eigenvalue weighted by molar-refractivity contribution is 6.41. The summed E-state index contributed by atoms with van der Waals surface area (Å²) in [6.45, 7) is 4.27. The van der Waals surface area contributed by atoms with Crippen molar-refractivity contribution in [1.82, 2.24) is 4.57 Å². The normalized spacial score (nSPS) is 11.2. The first-order chi connectivity index (χ1) is 16.9. The summed E-state index contributed by atoms with van der Waals surface area (Å²) in [7, 11) is 0. The van der Waals surface area contributed by atoms with E-state index in [9.17, 15) is 9.59 Å². The molecule has 0 aliphatic rings. The number of aryl methyl sites for hydroxylation is 1. The van der Waals surface area contributed by atoms with Gasteiger partial charge < -0.3 is 19.9 Å². The quantitative estimate of drug-likeness (QED) is 0.193. The van der Waals surface area contributed by atoms with Crippen LogP contribution >= 0.6 is 23.2 Å². The molecule has 6 nitrogen and oxygen atoms in total. The number of hydrogen-bond donors (Lipinski definition) is 2. The number of carbonyl (C=O) groups is 2. The fraction of sp³-hybridized carbons (Fsp3) is 0.111. The van der Waals surface area contributed by atoms with Gasteiger partial charge in [0, 0.05) is 51.7 Å². The van der Waals surface area contributed by atoms with Gasteiger partial charge in [-0.1, -0.05) is 41.4 Å². The van der Waals surface area contributed by atoms with E-state index in [1.165, 1.54) is 6.92 Å². The molecule has 0 aliphatic carbocycles. The van der Waals surface area contributed by atoms with Gasteiger partial charge in [0.05, 0.1) is 15.7 Å². The molecule has 1 heterocycles. The zero-order chi connectivity index (χ0) is 24.7. The molecule has 0 radical (unpaired) electrons. The number of halogens is 2. The molecule has 0 saturated carbocycles. The van der Waals surface area contributed by atoms with Gasteiger partial charge in [0.15, 0.2) is 0 Å². The molecule has 0 fully saturated rings. The number of hydrogen-bond acceptors (Lipinski definition) is 3. The van der Waals surface area contributed by atoms with E-state index in [4.69, 9.17) is 27.9 Å². The van der Waals surface area contributed by atoms with Crippen LogP contribution in [0.5, 0.6) is 5.75 Å². The van der Waals surface area contributed by atoms with Gasteiger partial charge in [0.25, 0.3) is 0 Å². The second kappa shape index (κ2) is 9.13. The molecule has 5 aromatic rings. The van der Waals surface area contributed by atoms with E-state index in [1.54, 1.807) is 24.3 Å². The van der Waals surface area contributed by atoms with Crippen LogP contribution in [0, 0.1) is 0 Å². The van der Waals surface area contributed by atoms with Crippen molar-refractivity contribution < 1.29 is 14.3 Å². The molecule has 2 amide bonds. The SMILES string of the molecule is CCn1c2ccccc2c2cc(NC(=O)Nc3c(Cl)cc(Cl)c4ccc(OC(C)=O)cc34)ccc21. The first-order valence-corrected chi connectivity index (χ1v) is 11.8. The maximum atomic E-state index is 13.0. The predicted molar refractivity (Wildman–Crippen MR) is 143 cm³/mol. The van der Waals surface area contributed by atoms with E-state index in [0.29, 0.717) is 32.9 Å². The van der Waals surface area contributed by atoms with E-state index < -0.39 is 12.0 Å². The average Bonchev–Trinajstić information content (AvgIpc) is 3.14. The number of anilines is 2. The predicted octanol–water partition coefficient (Wildman–Crippen LogP) is 7.84. The Morgan fingerprint density at radius 2 is 1.60 bits per heavy atom. The molecule has 35 heavy (non-hydrogen) atoms. The Morgan fingerprint density at radius 1 is 0.829 bits per heavy atom. The van der Waals surface area contributed by atoms with Crippen molar-refractivity contribution in [2.24, 2.45) is 0 Å². The topological polar surface area (TPSA) is 72.4 Å². The van der Waals surface area contributed by atoms with Crippen LogP contribution < -0.4 is 15.4 Å². The lowest BCUT2D eigenvalue weighted by Crippen LogP contribution is -2.19. The fourth-order valence-electron chi connectivity index (χ4n) is 4.43. The summed E-state index contributed by atoms with van der Waals surface area (Å²) >= 11 is 12.8. The minimum Gasteiger partial charge on any atom is -0.427 e. The van der Waals surface area contributed by atoms with Gasteiger partial charge in [0.2, 0.25) is 0 Å². The van der Waals surface area contributed by atoms with E-state index in [2.05, 4.69) is 34.3 Å². The molecule has 176 valence electrons. The molecule has 0 unspecified atom stereocenters. The number of carbonyl (C=O) groups excluding carboxylic acids is 2. The van der Waals surface area contributed by atoms with Gasteiger partial charge in [-0.3, -0.25) is 4.79 Å². The van der Waals surface area contributed by atoms with Crippen LogP contribution in [0.15, 0.2) is 66.7 Å². The standard InChI is InChI=1S/C27H21Cl2N3O3/c1-3-32-24-7-5-4-6-19(24)20-12-16(8-11-25(20)32)30-27(34)31-26-21-13-17(35-15(2)33)9-10-18(21)22(28)14-23(26)29/h4-14H,3H2,1-2H3,(H2,30,31,34). The third-order valence-electron chi connectivity index (χ3n) is 5.86. The third-order valence-corrected chi connectivity index (χ3v) is 6.47. The fourth-order valence-corrected chi connectivity index (χ4v) is 5.02. The van der Waals surface area contributed by atoms with Crippen molar-refractivity contribution in [2.45, 2.75) is 20.4 Å². The average molecular weight is 506 g/mol. The Bertz CT molecular complexity index is 1640. The first-order valence-electron chi connectivity index (χ1n) is 11.0. The summed E-state index contributed by atoms with van der Waals surface area (Å²) in [5.74, 6) is -0.130. The number of para-hydroxylation sites is 1. The summed E-state index contributed by atoms with van der Waals surface area (Å²) in [5, 5.41) is 9.80. The lowest BCUT2D eigenvalue weighted by atomic mass is 10.1. The molecule has 0 aliphatic heterocycles. The highest BCUT2D eigenvalue weighted by atomic mass is 35.5. The Morgan fingerprint density at radius 3 is 2.37 bits per heavy atom. The van der Waals surface area contributed by atoms with Crippen molar-refractivity contribution in [2.75, 3.05) is 10.6 Å². The molecule has 5 rings (SSSR count). The number of urea groups is 1. The summed E-state index contributed by atoms with van der Waals surface area (Å²) < 4.78 is 7.43. The van der Waals surface area contributed by atoms with Crippen molar-refractivity contribution in [1.29, 1.82) is 0 Å². The highest BCUT2D eigenvalue weighted by Gasteiger charge is 2.16. The Kier molecular flexibility index (Phi) is 6.01. The minimum atomic E-state index is -0.466. The number of nitrogens with one attached hydrogen (secondary N) is 2. The van der Waals surface area contributed by atoms with Crippen molar-refractivity contribution in [3.05, 3.63) is 76.8 Å². The van der Waals surface area contributed by atoms with Crippen LogP contribution in [-0.2, 0) is 11.3 Å². The summed E-state index contributed by atoms with van der Waals surface area (Å²) in [6.07, 6.45) is 0. The van der Waals surface area contributed by atoms with Crippen molar-refractivity contribution in [3.8, 4) is 5.75 Å². The molecule has 0 atom stereocenters. The number of benzene rings is 4.